The molecule has 1 saturated heterocycles. The second-order valence-corrected chi connectivity index (χ2v) is 8.30. The Morgan fingerprint density at radius 2 is 2.24 bits per heavy atom. The van der Waals surface area contributed by atoms with Gasteiger partial charge in [0.05, 0.1) is 17.2 Å². The first kappa shape index (κ1) is 14.5. The van der Waals surface area contributed by atoms with Gasteiger partial charge in [-0.15, -0.1) is 11.3 Å². The van der Waals surface area contributed by atoms with Crippen molar-refractivity contribution in [3.63, 3.8) is 0 Å². The first-order chi connectivity index (χ1) is 10.0. The third kappa shape index (κ3) is 3.59. The Morgan fingerprint density at radius 3 is 2.90 bits per heavy atom. The summed E-state index contributed by atoms with van der Waals surface area (Å²) in [6.45, 7) is 0. The molecule has 1 aliphatic heterocycles. The molecule has 3 rings (SSSR count). The lowest BCUT2D eigenvalue weighted by Crippen LogP contribution is -2.05. The van der Waals surface area contributed by atoms with Gasteiger partial charge in [0.1, 0.15) is 0 Å². The fraction of sp³-hybridized carbons (Fsp3) is 0.583. The van der Waals surface area contributed by atoms with Crippen molar-refractivity contribution in [2.75, 3.05) is 17.2 Å². The lowest BCUT2D eigenvalue weighted by atomic mass is 10.1. The van der Waals surface area contributed by atoms with Crippen LogP contribution < -0.4 is 5.73 Å². The predicted molar refractivity (Wildman–Crippen MR) is 78.9 cm³/mol. The van der Waals surface area contributed by atoms with Crippen LogP contribution in [-0.4, -0.2) is 35.0 Å². The number of nitrogens with zero attached hydrogens (tertiary/aromatic N) is 3. The zero-order valence-corrected chi connectivity index (χ0v) is 13.0. The summed E-state index contributed by atoms with van der Waals surface area (Å²) >= 11 is 1.43. The molecule has 3 heterocycles. The van der Waals surface area contributed by atoms with Gasteiger partial charge in [-0.2, -0.15) is 4.98 Å². The summed E-state index contributed by atoms with van der Waals surface area (Å²) in [5, 5.41) is 6.43. The SMILES string of the molecule is Nc1nc(CCCc2nc(C3CCS(=O)(=O)C3)no2)cs1. The van der Waals surface area contributed by atoms with Crippen molar-refractivity contribution in [3.05, 3.63) is 22.8 Å². The van der Waals surface area contributed by atoms with Gasteiger partial charge in [-0.25, -0.2) is 13.4 Å². The van der Waals surface area contributed by atoms with Gasteiger partial charge in [0.15, 0.2) is 20.8 Å². The van der Waals surface area contributed by atoms with Crippen molar-refractivity contribution in [1.82, 2.24) is 15.1 Å². The minimum atomic E-state index is -2.93. The maximum Gasteiger partial charge on any atom is 0.226 e. The van der Waals surface area contributed by atoms with Gasteiger partial charge in [0.25, 0.3) is 0 Å². The van der Waals surface area contributed by atoms with E-state index in [-0.39, 0.29) is 17.4 Å². The van der Waals surface area contributed by atoms with Crippen LogP contribution in [0.1, 0.15) is 36.2 Å². The van der Waals surface area contributed by atoms with Gasteiger partial charge >= 0.3 is 0 Å². The summed E-state index contributed by atoms with van der Waals surface area (Å²) in [5.74, 6) is 1.30. The highest BCUT2D eigenvalue weighted by atomic mass is 32.2. The van der Waals surface area contributed by atoms with Crippen LogP contribution in [0.15, 0.2) is 9.90 Å². The standard InChI is InChI=1S/C12H16N4O3S2/c13-12-14-9(6-20-12)2-1-3-10-15-11(16-19-10)8-4-5-21(17,18)7-8/h6,8H,1-5,7H2,(H2,13,14). The molecule has 2 aromatic heterocycles. The maximum absolute atomic E-state index is 11.4. The molecular weight excluding hydrogens is 312 g/mol. The molecule has 0 saturated carbocycles. The first-order valence-corrected chi connectivity index (χ1v) is 9.45. The van der Waals surface area contributed by atoms with Crippen LogP contribution in [0, 0.1) is 0 Å². The summed E-state index contributed by atoms with van der Waals surface area (Å²) in [6, 6.07) is 0. The monoisotopic (exact) mass is 328 g/mol. The maximum atomic E-state index is 11.4. The Bertz CT molecular complexity index is 722. The number of anilines is 1. The van der Waals surface area contributed by atoms with E-state index >= 15 is 0 Å². The molecule has 7 nitrogen and oxygen atoms in total. The Labute approximate surface area is 126 Å². The smallest absolute Gasteiger partial charge is 0.226 e. The fourth-order valence-electron chi connectivity index (χ4n) is 2.39. The largest absolute Gasteiger partial charge is 0.375 e. The van der Waals surface area contributed by atoms with Crippen LogP contribution in [0.5, 0.6) is 0 Å². The molecule has 0 amide bonds. The molecule has 0 aliphatic carbocycles. The van der Waals surface area contributed by atoms with Gasteiger partial charge < -0.3 is 10.3 Å². The molecule has 2 N–H and O–H groups in total. The van der Waals surface area contributed by atoms with E-state index in [1.165, 1.54) is 11.3 Å². The molecule has 0 aromatic carbocycles. The number of aromatic nitrogens is 3. The summed E-state index contributed by atoms with van der Waals surface area (Å²) in [6.07, 6.45) is 2.89. The molecule has 1 unspecified atom stereocenters. The minimum Gasteiger partial charge on any atom is -0.375 e. The van der Waals surface area contributed by atoms with Gasteiger partial charge in [-0.1, -0.05) is 5.16 Å². The Morgan fingerprint density at radius 1 is 1.38 bits per heavy atom. The number of hydrogen-bond acceptors (Lipinski definition) is 8. The van der Waals surface area contributed by atoms with E-state index in [4.69, 9.17) is 10.3 Å². The Balaban J connectivity index is 1.53. The van der Waals surface area contributed by atoms with Crippen molar-refractivity contribution in [3.8, 4) is 0 Å². The van der Waals surface area contributed by atoms with Gasteiger partial charge in [0.2, 0.25) is 5.89 Å². The molecular formula is C12H16N4O3S2. The van der Waals surface area contributed by atoms with Crippen LogP contribution in [0.4, 0.5) is 5.13 Å². The highest BCUT2D eigenvalue weighted by molar-refractivity contribution is 7.91. The molecule has 0 bridgehead atoms. The highest BCUT2D eigenvalue weighted by Crippen LogP contribution is 2.26. The van der Waals surface area contributed by atoms with Crippen molar-refractivity contribution in [1.29, 1.82) is 0 Å². The van der Waals surface area contributed by atoms with Gasteiger partial charge in [0, 0.05) is 17.7 Å². The van der Waals surface area contributed by atoms with E-state index in [1.807, 2.05) is 5.38 Å². The van der Waals surface area contributed by atoms with Gasteiger partial charge in [-0.3, -0.25) is 0 Å². The number of rotatable bonds is 5. The topological polar surface area (TPSA) is 112 Å². The molecule has 21 heavy (non-hydrogen) atoms. The van der Waals surface area contributed by atoms with Crippen LogP contribution in [0.2, 0.25) is 0 Å². The molecule has 0 radical (unpaired) electrons. The van der Waals surface area contributed by atoms with Gasteiger partial charge in [-0.05, 0) is 19.3 Å². The zero-order valence-electron chi connectivity index (χ0n) is 11.4. The van der Waals surface area contributed by atoms with E-state index in [9.17, 15) is 8.42 Å². The number of nitrogen functional groups attached to an aromatic ring is 1. The average molecular weight is 328 g/mol. The molecule has 9 heteroatoms. The third-order valence-corrected chi connectivity index (χ3v) is 5.97. The summed E-state index contributed by atoms with van der Waals surface area (Å²) in [4.78, 5) is 8.50. The van der Waals surface area contributed by atoms with Crippen molar-refractivity contribution in [2.45, 2.75) is 31.6 Å². The van der Waals surface area contributed by atoms with E-state index in [0.29, 0.717) is 29.7 Å². The van der Waals surface area contributed by atoms with E-state index < -0.39 is 9.84 Å². The van der Waals surface area contributed by atoms with E-state index in [2.05, 4.69) is 15.1 Å². The molecule has 1 aliphatic rings. The Hall–Kier alpha value is -1.48. The van der Waals surface area contributed by atoms with Crippen LogP contribution in [0.25, 0.3) is 0 Å². The van der Waals surface area contributed by atoms with Crippen LogP contribution >= 0.6 is 11.3 Å². The average Bonchev–Trinajstić information content (AvgIpc) is 3.11. The molecule has 1 fully saturated rings. The van der Waals surface area contributed by atoms with Crippen molar-refractivity contribution >= 4 is 26.3 Å². The zero-order chi connectivity index (χ0) is 14.9. The number of hydrogen-bond donors (Lipinski definition) is 1. The highest BCUT2D eigenvalue weighted by Gasteiger charge is 2.32. The predicted octanol–water partition coefficient (Wildman–Crippen LogP) is 1.19. The fourth-order valence-corrected chi connectivity index (χ4v) is 4.73. The summed E-state index contributed by atoms with van der Waals surface area (Å²) in [7, 11) is -2.93. The summed E-state index contributed by atoms with van der Waals surface area (Å²) < 4.78 is 28.1. The molecule has 2 aromatic rings. The number of sulfone groups is 1. The lowest BCUT2D eigenvalue weighted by molar-refractivity contribution is 0.368. The third-order valence-electron chi connectivity index (χ3n) is 3.47. The van der Waals surface area contributed by atoms with Crippen molar-refractivity contribution < 1.29 is 12.9 Å². The van der Waals surface area contributed by atoms with Crippen LogP contribution in [-0.2, 0) is 22.7 Å². The number of aryl methyl sites for hydroxylation is 2. The molecule has 114 valence electrons. The second-order valence-electron chi connectivity index (χ2n) is 5.18. The van der Waals surface area contributed by atoms with Crippen LogP contribution in [0.3, 0.4) is 0 Å². The first-order valence-electron chi connectivity index (χ1n) is 6.74. The normalized spacial score (nSPS) is 20.9. The molecule has 1 atom stereocenters. The number of nitrogens with two attached hydrogens (primary N) is 1. The van der Waals surface area contributed by atoms with E-state index in [1.54, 1.807) is 0 Å². The lowest BCUT2D eigenvalue weighted by Gasteiger charge is -1.98. The van der Waals surface area contributed by atoms with E-state index in [0.717, 1.165) is 18.5 Å². The quantitative estimate of drug-likeness (QED) is 0.877. The molecule has 0 spiro atoms. The summed E-state index contributed by atoms with van der Waals surface area (Å²) in [5.41, 5.74) is 6.55. The number of thiazole rings is 1. The second kappa shape index (κ2) is 5.72. The minimum absolute atomic E-state index is 0.120. The van der Waals surface area contributed by atoms with Crippen molar-refractivity contribution in [2.24, 2.45) is 0 Å². The Kier molecular flexibility index (Phi) is 3.94.